The van der Waals surface area contributed by atoms with E-state index in [2.05, 4.69) is 10.3 Å². The van der Waals surface area contributed by atoms with Crippen LogP contribution in [0, 0.1) is 19.7 Å². The number of amides is 1. The second kappa shape index (κ2) is 7.06. The molecule has 2 rings (SSSR count). The van der Waals surface area contributed by atoms with Gasteiger partial charge in [0.15, 0.2) is 6.10 Å². The fourth-order valence-electron chi connectivity index (χ4n) is 1.81. The lowest BCUT2D eigenvalue weighted by atomic mass is 10.3. The van der Waals surface area contributed by atoms with Crippen LogP contribution in [-0.2, 0) is 9.53 Å². The van der Waals surface area contributed by atoms with E-state index in [9.17, 15) is 14.0 Å². The summed E-state index contributed by atoms with van der Waals surface area (Å²) < 4.78 is 18.7. The normalized spacial score (nSPS) is 11.9. The van der Waals surface area contributed by atoms with Crippen molar-refractivity contribution in [3.63, 3.8) is 0 Å². The van der Waals surface area contributed by atoms with Crippen LogP contribution >= 0.6 is 22.9 Å². The lowest BCUT2D eigenvalue weighted by Crippen LogP contribution is -2.30. The van der Waals surface area contributed by atoms with E-state index in [1.165, 1.54) is 30.4 Å². The number of carbonyl (C=O) groups excluding carboxylic acids is 2. The smallest absolute Gasteiger partial charge is 0.351 e. The number of hydrogen-bond donors (Lipinski definition) is 1. The first-order chi connectivity index (χ1) is 10.8. The number of thiazole rings is 1. The molecule has 0 aliphatic heterocycles. The number of rotatable bonds is 4. The molecule has 0 unspecified atom stereocenters. The highest BCUT2D eigenvalue weighted by Gasteiger charge is 2.22. The van der Waals surface area contributed by atoms with Gasteiger partial charge >= 0.3 is 5.97 Å². The van der Waals surface area contributed by atoms with Gasteiger partial charge < -0.3 is 10.1 Å². The van der Waals surface area contributed by atoms with Crippen LogP contribution in [0.3, 0.4) is 0 Å². The Balaban J connectivity index is 2.02. The van der Waals surface area contributed by atoms with Gasteiger partial charge in [-0.3, -0.25) is 4.79 Å². The summed E-state index contributed by atoms with van der Waals surface area (Å²) in [5.41, 5.74) is 0.515. The fraction of sp³-hybridized carbons (Fsp3) is 0.267. The van der Waals surface area contributed by atoms with Crippen LogP contribution in [0.25, 0.3) is 0 Å². The predicted molar refractivity (Wildman–Crippen MR) is 86.5 cm³/mol. The minimum Gasteiger partial charge on any atom is -0.448 e. The van der Waals surface area contributed by atoms with E-state index in [-0.39, 0.29) is 10.7 Å². The van der Waals surface area contributed by atoms with Crippen molar-refractivity contribution in [2.45, 2.75) is 26.9 Å². The summed E-state index contributed by atoms with van der Waals surface area (Å²) in [6.45, 7) is 4.87. The van der Waals surface area contributed by atoms with Crippen molar-refractivity contribution < 1.29 is 18.7 Å². The number of benzene rings is 1. The lowest BCUT2D eigenvalue weighted by Gasteiger charge is -2.13. The molecule has 2 aromatic rings. The number of nitrogens with zero attached hydrogens (tertiary/aromatic N) is 1. The third-order valence-corrected chi connectivity index (χ3v) is 4.22. The van der Waals surface area contributed by atoms with Crippen molar-refractivity contribution in [3.8, 4) is 0 Å². The first-order valence-electron chi connectivity index (χ1n) is 6.69. The topological polar surface area (TPSA) is 68.3 Å². The summed E-state index contributed by atoms with van der Waals surface area (Å²) in [7, 11) is 0. The molecule has 1 amide bonds. The summed E-state index contributed by atoms with van der Waals surface area (Å²) in [6.07, 6.45) is -1.08. The Hall–Kier alpha value is -1.99. The first kappa shape index (κ1) is 17.4. The van der Waals surface area contributed by atoms with Gasteiger partial charge in [0.1, 0.15) is 10.7 Å². The molecule has 0 aliphatic rings. The van der Waals surface area contributed by atoms with E-state index in [0.717, 1.165) is 11.1 Å². The van der Waals surface area contributed by atoms with E-state index in [4.69, 9.17) is 16.3 Å². The molecule has 0 aliphatic carbocycles. The van der Waals surface area contributed by atoms with Crippen molar-refractivity contribution >= 4 is 40.5 Å². The molecular weight excluding hydrogens is 343 g/mol. The van der Waals surface area contributed by atoms with E-state index < -0.39 is 23.8 Å². The van der Waals surface area contributed by atoms with E-state index in [1.54, 1.807) is 13.8 Å². The van der Waals surface area contributed by atoms with Crippen molar-refractivity contribution in [2.75, 3.05) is 5.32 Å². The van der Waals surface area contributed by atoms with Gasteiger partial charge in [0.2, 0.25) is 0 Å². The third-order valence-electron chi connectivity index (χ3n) is 2.93. The maximum Gasteiger partial charge on any atom is 0.351 e. The number of esters is 1. The van der Waals surface area contributed by atoms with E-state index in [0.29, 0.717) is 10.6 Å². The molecule has 8 heteroatoms. The summed E-state index contributed by atoms with van der Waals surface area (Å²) in [5.74, 6) is -1.94. The highest BCUT2D eigenvalue weighted by molar-refractivity contribution is 7.13. The zero-order valence-electron chi connectivity index (χ0n) is 12.6. The average Bonchev–Trinajstić information content (AvgIpc) is 2.80. The molecular formula is C15H14ClFN2O3S. The molecule has 23 heavy (non-hydrogen) atoms. The third kappa shape index (κ3) is 4.27. The standard InChI is InChI=1S/C15H14ClFN2O3S/c1-7-13(23-9(3)18-7)15(21)22-8(2)14(20)19-12-5-4-10(16)6-11(12)17/h4-6,8H,1-3H3,(H,19,20)/t8-/m1/s1. The molecule has 0 saturated carbocycles. The lowest BCUT2D eigenvalue weighted by molar-refractivity contribution is -0.123. The Morgan fingerprint density at radius 1 is 1.39 bits per heavy atom. The second-order valence-corrected chi connectivity index (χ2v) is 6.45. The Morgan fingerprint density at radius 3 is 2.65 bits per heavy atom. The minimum absolute atomic E-state index is 0.0351. The monoisotopic (exact) mass is 356 g/mol. The Bertz CT molecular complexity index is 763. The number of nitrogens with one attached hydrogen (secondary N) is 1. The number of aryl methyl sites for hydroxylation is 2. The molecule has 1 heterocycles. The molecule has 122 valence electrons. The van der Waals surface area contributed by atoms with Crippen LogP contribution in [0.2, 0.25) is 5.02 Å². The molecule has 0 radical (unpaired) electrons. The highest BCUT2D eigenvalue weighted by atomic mass is 35.5. The summed E-state index contributed by atoms with van der Waals surface area (Å²) in [6, 6.07) is 3.86. The molecule has 0 spiro atoms. The van der Waals surface area contributed by atoms with Gasteiger partial charge in [0.25, 0.3) is 5.91 Å². The second-order valence-electron chi connectivity index (χ2n) is 4.81. The van der Waals surface area contributed by atoms with Gasteiger partial charge in [-0.05, 0) is 39.0 Å². The SMILES string of the molecule is Cc1nc(C)c(C(=O)O[C@H](C)C(=O)Nc2ccc(Cl)cc2F)s1. The zero-order valence-corrected chi connectivity index (χ0v) is 14.2. The van der Waals surface area contributed by atoms with Gasteiger partial charge in [-0.2, -0.15) is 0 Å². The largest absolute Gasteiger partial charge is 0.448 e. The maximum absolute atomic E-state index is 13.6. The van der Waals surface area contributed by atoms with Crippen LogP contribution in [0.1, 0.15) is 27.3 Å². The molecule has 1 aromatic carbocycles. The Labute approximate surface area is 141 Å². The van der Waals surface area contributed by atoms with Gasteiger partial charge in [0.05, 0.1) is 16.4 Å². The average molecular weight is 357 g/mol. The number of ether oxygens (including phenoxy) is 1. The number of halogens is 2. The predicted octanol–water partition coefficient (Wildman–Crippen LogP) is 3.74. The van der Waals surface area contributed by atoms with Gasteiger partial charge in [-0.15, -0.1) is 11.3 Å². The van der Waals surface area contributed by atoms with Crippen molar-refractivity contribution in [3.05, 3.63) is 44.6 Å². The van der Waals surface area contributed by atoms with E-state index in [1.807, 2.05) is 0 Å². The number of carbonyl (C=O) groups is 2. The molecule has 0 bridgehead atoms. The molecule has 1 atom stereocenters. The van der Waals surface area contributed by atoms with Crippen LogP contribution in [0.15, 0.2) is 18.2 Å². The van der Waals surface area contributed by atoms with Crippen LogP contribution in [-0.4, -0.2) is 23.0 Å². The Kier molecular flexibility index (Phi) is 5.33. The number of anilines is 1. The minimum atomic E-state index is -1.08. The number of hydrogen-bond acceptors (Lipinski definition) is 5. The maximum atomic E-state index is 13.6. The highest BCUT2D eigenvalue weighted by Crippen LogP contribution is 2.21. The van der Waals surface area contributed by atoms with Crippen LogP contribution in [0.4, 0.5) is 10.1 Å². The molecule has 0 fully saturated rings. The quantitative estimate of drug-likeness (QED) is 0.847. The molecule has 5 nitrogen and oxygen atoms in total. The molecule has 1 N–H and O–H groups in total. The van der Waals surface area contributed by atoms with Crippen LogP contribution in [0.5, 0.6) is 0 Å². The van der Waals surface area contributed by atoms with Crippen molar-refractivity contribution in [1.29, 1.82) is 0 Å². The van der Waals surface area contributed by atoms with Gasteiger partial charge in [-0.1, -0.05) is 11.6 Å². The van der Waals surface area contributed by atoms with Gasteiger partial charge in [0, 0.05) is 5.02 Å². The summed E-state index contributed by atoms with van der Waals surface area (Å²) in [4.78, 5) is 28.5. The van der Waals surface area contributed by atoms with Gasteiger partial charge in [-0.25, -0.2) is 14.2 Å². The Morgan fingerprint density at radius 2 is 2.09 bits per heavy atom. The first-order valence-corrected chi connectivity index (χ1v) is 7.88. The summed E-state index contributed by atoms with van der Waals surface area (Å²) >= 11 is 6.83. The fourth-order valence-corrected chi connectivity index (χ4v) is 2.78. The summed E-state index contributed by atoms with van der Waals surface area (Å²) in [5, 5.41) is 3.30. The van der Waals surface area contributed by atoms with Crippen molar-refractivity contribution in [2.24, 2.45) is 0 Å². The number of aromatic nitrogens is 1. The van der Waals surface area contributed by atoms with Crippen LogP contribution < -0.4 is 5.32 Å². The van der Waals surface area contributed by atoms with Crippen molar-refractivity contribution in [1.82, 2.24) is 4.98 Å². The van der Waals surface area contributed by atoms with E-state index >= 15 is 0 Å². The molecule has 0 saturated heterocycles. The zero-order chi connectivity index (χ0) is 17.1. The molecule has 1 aromatic heterocycles.